The monoisotopic (exact) mass is 328 g/mol. The van der Waals surface area contributed by atoms with Crippen molar-refractivity contribution in [3.63, 3.8) is 0 Å². The minimum absolute atomic E-state index is 0.114. The van der Waals surface area contributed by atoms with Gasteiger partial charge in [0.2, 0.25) is 5.91 Å². The number of nitrogens with zero attached hydrogens (tertiary/aromatic N) is 4. The van der Waals surface area contributed by atoms with Crippen LogP contribution in [0.25, 0.3) is 0 Å². The van der Waals surface area contributed by atoms with Crippen molar-refractivity contribution in [3.05, 3.63) is 41.8 Å². The molecule has 24 heavy (non-hydrogen) atoms. The molecule has 2 aromatic rings. The summed E-state index contributed by atoms with van der Waals surface area (Å²) in [4.78, 5) is 21.3. The number of anilines is 1. The zero-order valence-corrected chi connectivity index (χ0v) is 14.5. The van der Waals surface area contributed by atoms with Crippen LogP contribution >= 0.6 is 0 Å². The molecule has 1 aromatic heterocycles. The molecule has 6 nitrogen and oxygen atoms in total. The second-order valence-electron chi connectivity index (χ2n) is 6.39. The van der Waals surface area contributed by atoms with Gasteiger partial charge in [0.1, 0.15) is 6.04 Å². The summed E-state index contributed by atoms with van der Waals surface area (Å²) in [5.41, 5.74) is 1.06. The van der Waals surface area contributed by atoms with Crippen molar-refractivity contribution in [3.8, 4) is 0 Å². The fourth-order valence-corrected chi connectivity index (χ4v) is 3.27. The highest BCUT2D eigenvalue weighted by Gasteiger charge is 2.37. The molecule has 2 atom stereocenters. The second kappa shape index (κ2) is 7.03. The number of carbonyl (C=O) groups excluding carboxylic acids is 1. The SMILES string of the molecule is CC[C@@H](C(=O)N1CCC[C@@H]1c1nc(N(C)C)no1)c1ccccc1. The number of rotatable bonds is 5. The van der Waals surface area contributed by atoms with E-state index in [0.29, 0.717) is 11.8 Å². The van der Waals surface area contributed by atoms with E-state index < -0.39 is 0 Å². The van der Waals surface area contributed by atoms with Gasteiger partial charge >= 0.3 is 0 Å². The van der Waals surface area contributed by atoms with Gasteiger partial charge < -0.3 is 14.3 Å². The lowest BCUT2D eigenvalue weighted by Crippen LogP contribution is -2.34. The summed E-state index contributed by atoms with van der Waals surface area (Å²) in [5.74, 6) is 1.10. The quantitative estimate of drug-likeness (QED) is 0.844. The van der Waals surface area contributed by atoms with E-state index in [1.54, 1.807) is 4.90 Å². The molecular weight excluding hydrogens is 304 g/mol. The third-order valence-electron chi connectivity index (χ3n) is 4.56. The zero-order valence-electron chi connectivity index (χ0n) is 14.5. The van der Waals surface area contributed by atoms with E-state index in [4.69, 9.17) is 4.52 Å². The van der Waals surface area contributed by atoms with Crippen molar-refractivity contribution >= 4 is 11.9 Å². The first-order chi connectivity index (χ1) is 11.6. The highest BCUT2D eigenvalue weighted by atomic mass is 16.5. The van der Waals surface area contributed by atoms with E-state index in [2.05, 4.69) is 17.1 Å². The summed E-state index contributed by atoms with van der Waals surface area (Å²) >= 11 is 0. The fourth-order valence-electron chi connectivity index (χ4n) is 3.27. The van der Waals surface area contributed by atoms with Gasteiger partial charge in [-0.1, -0.05) is 37.3 Å². The molecule has 0 aliphatic carbocycles. The van der Waals surface area contributed by atoms with Crippen LogP contribution in [0, 0.1) is 0 Å². The summed E-state index contributed by atoms with van der Waals surface area (Å²) in [6.07, 6.45) is 2.60. The number of hydrogen-bond donors (Lipinski definition) is 0. The van der Waals surface area contributed by atoms with Gasteiger partial charge in [0.25, 0.3) is 11.8 Å². The molecule has 1 aromatic carbocycles. The van der Waals surface area contributed by atoms with Gasteiger partial charge in [-0.3, -0.25) is 4.79 Å². The van der Waals surface area contributed by atoms with E-state index in [-0.39, 0.29) is 17.9 Å². The Kier molecular flexibility index (Phi) is 4.83. The molecule has 0 N–H and O–H groups in total. The molecule has 1 fully saturated rings. The van der Waals surface area contributed by atoms with Crippen molar-refractivity contribution < 1.29 is 9.32 Å². The number of aromatic nitrogens is 2. The van der Waals surface area contributed by atoms with Crippen molar-refractivity contribution in [2.24, 2.45) is 0 Å². The predicted octanol–water partition coefficient (Wildman–Crippen LogP) is 2.99. The van der Waals surface area contributed by atoms with E-state index >= 15 is 0 Å². The molecule has 2 heterocycles. The highest BCUT2D eigenvalue weighted by Crippen LogP contribution is 2.35. The molecule has 6 heteroatoms. The summed E-state index contributed by atoms with van der Waals surface area (Å²) in [6, 6.07) is 9.86. The Labute approximate surface area is 142 Å². The Morgan fingerprint density at radius 2 is 2.12 bits per heavy atom. The molecule has 0 radical (unpaired) electrons. The second-order valence-corrected chi connectivity index (χ2v) is 6.39. The first kappa shape index (κ1) is 16.5. The molecule has 1 saturated heterocycles. The maximum absolute atomic E-state index is 13.1. The van der Waals surface area contributed by atoms with Gasteiger partial charge in [-0.25, -0.2) is 0 Å². The van der Waals surface area contributed by atoms with Crippen LogP contribution < -0.4 is 4.90 Å². The average Bonchev–Trinajstić information content (AvgIpc) is 3.25. The van der Waals surface area contributed by atoms with Gasteiger partial charge in [-0.05, 0) is 30.0 Å². The standard InChI is InChI=1S/C18H24N4O2/c1-4-14(13-9-6-5-7-10-13)17(23)22-12-8-11-15(22)16-19-18(20-24-16)21(2)3/h5-7,9-10,14-15H,4,8,11-12H2,1-3H3/t14-,15-/m1/s1. The van der Waals surface area contributed by atoms with Crippen LogP contribution in [0.1, 0.15) is 49.6 Å². The first-order valence-electron chi connectivity index (χ1n) is 8.48. The first-order valence-corrected chi connectivity index (χ1v) is 8.48. The minimum Gasteiger partial charge on any atom is -0.344 e. The average molecular weight is 328 g/mol. The zero-order chi connectivity index (χ0) is 17.1. The molecule has 0 unspecified atom stereocenters. The summed E-state index contributed by atoms with van der Waals surface area (Å²) in [7, 11) is 3.74. The summed E-state index contributed by atoms with van der Waals surface area (Å²) < 4.78 is 5.41. The topological polar surface area (TPSA) is 62.5 Å². The predicted molar refractivity (Wildman–Crippen MR) is 91.8 cm³/mol. The van der Waals surface area contributed by atoms with Gasteiger partial charge in [-0.2, -0.15) is 4.98 Å². The molecule has 0 spiro atoms. The number of hydrogen-bond acceptors (Lipinski definition) is 5. The lowest BCUT2D eigenvalue weighted by atomic mass is 9.94. The molecule has 3 rings (SSSR count). The largest absolute Gasteiger partial charge is 0.344 e. The lowest BCUT2D eigenvalue weighted by Gasteiger charge is -2.26. The van der Waals surface area contributed by atoms with Crippen LogP contribution in [-0.2, 0) is 4.79 Å². The number of likely N-dealkylation sites (tertiary alicyclic amines) is 1. The normalized spacial score (nSPS) is 18.6. The van der Waals surface area contributed by atoms with Crippen LogP contribution in [0.2, 0.25) is 0 Å². The van der Waals surface area contributed by atoms with Gasteiger partial charge in [-0.15, -0.1) is 0 Å². The number of carbonyl (C=O) groups is 1. The van der Waals surface area contributed by atoms with E-state index in [1.165, 1.54) is 0 Å². The van der Waals surface area contributed by atoms with E-state index in [9.17, 15) is 4.79 Å². The smallest absolute Gasteiger partial charge is 0.265 e. The van der Waals surface area contributed by atoms with Crippen LogP contribution in [0.4, 0.5) is 5.95 Å². The Balaban J connectivity index is 1.82. The Morgan fingerprint density at radius 3 is 2.75 bits per heavy atom. The molecular formula is C18H24N4O2. The minimum atomic E-state index is -0.122. The molecule has 128 valence electrons. The van der Waals surface area contributed by atoms with Crippen molar-refractivity contribution in [2.75, 3.05) is 25.5 Å². The third-order valence-corrected chi connectivity index (χ3v) is 4.56. The van der Waals surface area contributed by atoms with Gasteiger partial charge in [0.05, 0.1) is 5.92 Å². The molecule has 1 aliphatic rings. The lowest BCUT2D eigenvalue weighted by molar-refractivity contribution is -0.134. The van der Waals surface area contributed by atoms with Crippen molar-refractivity contribution in [2.45, 2.75) is 38.1 Å². The Hall–Kier alpha value is -2.37. The van der Waals surface area contributed by atoms with E-state index in [1.807, 2.05) is 49.3 Å². The summed E-state index contributed by atoms with van der Waals surface area (Å²) in [6.45, 7) is 2.80. The van der Waals surface area contributed by atoms with E-state index in [0.717, 1.165) is 31.4 Å². The Bertz CT molecular complexity index is 683. The van der Waals surface area contributed by atoms with Crippen LogP contribution in [0.3, 0.4) is 0 Å². The maximum Gasteiger partial charge on any atom is 0.265 e. The van der Waals surface area contributed by atoms with Crippen LogP contribution in [-0.4, -0.2) is 41.6 Å². The van der Waals surface area contributed by atoms with Crippen LogP contribution in [0.5, 0.6) is 0 Å². The number of amides is 1. The van der Waals surface area contributed by atoms with Crippen molar-refractivity contribution in [1.82, 2.24) is 15.0 Å². The summed E-state index contributed by atoms with van der Waals surface area (Å²) in [5, 5.41) is 3.98. The molecule has 0 saturated carbocycles. The highest BCUT2D eigenvalue weighted by molar-refractivity contribution is 5.84. The fraction of sp³-hybridized carbons (Fsp3) is 0.500. The third kappa shape index (κ3) is 3.13. The van der Waals surface area contributed by atoms with Crippen LogP contribution in [0.15, 0.2) is 34.9 Å². The molecule has 1 amide bonds. The van der Waals surface area contributed by atoms with Gasteiger partial charge in [0.15, 0.2) is 0 Å². The Morgan fingerprint density at radius 1 is 1.38 bits per heavy atom. The van der Waals surface area contributed by atoms with Crippen molar-refractivity contribution in [1.29, 1.82) is 0 Å². The molecule has 1 aliphatic heterocycles. The molecule has 0 bridgehead atoms. The number of benzene rings is 1. The van der Waals surface area contributed by atoms with Gasteiger partial charge in [0, 0.05) is 20.6 Å². The maximum atomic E-state index is 13.1.